The number of rotatable bonds is 6. The van der Waals surface area contributed by atoms with Crippen LogP contribution in [0.5, 0.6) is 0 Å². The van der Waals surface area contributed by atoms with E-state index in [1.807, 2.05) is 6.92 Å². The zero-order chi connectivity index (χ0) is 13.2. The third-order valence-electron chi connectivity index (χ3n) is 3.18. The van der Waals surface area contributed by atoms with Crippen molar-refractivity contribution in [2.75, 3.05) is 32.7 Å². The van der Waals surface area contributed by atoms with Crippen LogP contribution in [0.2, 0.25) is 0 Å². The highest BCUT2D eigenvalue weighted by atomic mass is 127. The molecule has 0 unspecified atom stereocenters. The van der Waals surface area contributed by atoms with E-state index < -0.39 is 0 Å². The molecule has 0 saturated carbocycles. The van der Waals surface area contributed by atoms with E-state index >= 15 is 0 Å². The number of aliphatic imine (C=N–C) groups is 1. The van der Waals surface area contributed by atoms with Gasteiger partial charge in [-0.2, -0.15) is 0 Å². The fraction of sp³-hybridized carbons (Fsp3) is 0.786. The second-order valence-corrected chi connectivity index (χ2v) is 5.19. The van der Waals surface area contributed by atoms with Crippen LogP contribution < -0.4 is 11.1 Å². The van der Waals surface area contributed by atoms with Gasteiger partial charge in [-0.05, 0) is 45.8 Å². The summed E-state index contributed by atoms with van der Waals surface area (Å²) < 4.78 is 0. The van der Waals surface area contributed by atoms with Gasteiger partial charge in [0, 0.05) is 6.54 Å². The van der Waals surface area contributed by atoms with Gasteiger partial charge in [0.1, 0.15) is 0 Å². The molecule has 1 heterocycles. The first-order chi connectivity index (χ1) is 8.68. The molecule has 112 valence electrons. The molecule has 1 rings (SSSR count). The van der Waals surface area contributed by atoms with Gasteiger partial charge in [0.15, 0.2) is 5.96 Å². The molecule has 1 aliphatic rings. The van der Waals surface area contributed by atoms with Gasteiger partial charge in [-0.1, -0.05) is 25.0 Å². The largest absolute Gasteiger partial charge is 0.370 e. The van der Waals surface area contributed by atoms with E-state index in [0.29, 0.717) is 12.5 Å². The second-order valence-electron chi connectivity index (χ2n) is 5.19. The molecule has 19 heavy (non-hydrogen) atoms. The minimum atomic E-state index is 0. The molecule has 3 N–H and O–H groups in total. The van der Waals surface area contributed by atoms with Crippen molar-refractivity contribution < 1.29 is 0 Å². The van der Waals surface area contributed by atoms with Crippen LogP contribution in [0.4, 0.5) is 0 Å². The molecular formula is C14H29IN4. The molecule has 0 aliphatic carbocycles. The Bertz CT molecular complexity index is 271. The van der Waals surface area contributed by atoms with Crippen molar-refractivity contribution in [2.24, 2.45) is 10.7 Å². The number of nitrogens with zero attached hydrogens (tertiary/aromatic N) is 2. The maximum atomic E-state index is 5.75. The lowest BCUT2D eigenvalue weighted by Gasteiger charge is -2.19. The summed E-state index contributed by atoms with van der Waals surface area (Å²) in [6.45, 7) is 11.0. The summed E-state index contributed by atoms with van der Waals surface area (Å²) in [5.41, 5.74) is 6.78. The summed E-state index contributed by atoms with van der Waals surface area (Å²) in [5, 5.41) is 3.15. The van der Waals surface area contributed by atoms with Gasteiger partial charge < -0.3 is 16.0 Å². The second kappa shape index (κ2) is 11.5. The van der Waals surface area contributed by atoms with Crippen LogP contribution in [0.25, 0.3) is 0 Å². The first kappa shape index (κ1) is 18.7. The topological polar surface area (TPSA) is 53.6 Å². The maximum absolute atomic E-state index is 5.75. The van der Waals surface area contributed by atoms with Crippen molar-refractivity contribution in [1.29, 1.82) is 0 Å². The fourth-order valence-corrected chi connectivity index (χ4v) is 2.15. The summed E-state index contributed by atoms with van der Waals surface area (Å²) in [5.74, 6) is 0.536. The molecule has 0 aromatic carbocycles. The predicted octanol–water partition coefficient (Wildman–Crippen LogP) is 2.35. The molecule has 0 spiro atoms. The molecule has 5 heteroatoms. The van der Waals surface area contributed by atoms with E-state index in [1.54, 1.807) is 0 Å². The first-order valence-electron chi connectivity index (χ1n) is 7.09. The van der Waals surface area contributed by atoms with E-state index in [2.05, 4.69) is 21.8 Å². The van der Waals surface area contributed by atoms with Gasteiger partial charge >= 0.3 is 0 Å². The van der Waals surface area contributed by atoms with Crippen LogP contribution in [0.3, 0.4) is 0 Å². The van der Waals surface area contributed by atoms with E-state index in [1.165, 1.54) is 45.3 Å². The van der Waals surface area contributed by atoms with Crippen molar-refractivity contribution in [2.45, 2.75) is 39.0 Å². The third kappa shape index (κ3) is 10.2. The number of hydrogen-bond acceptors (Lipinski definition) is 2. The molecule has 0 radical (unpaired) electrons. The van der Waals surface area contributed by atoms with Crippen LogP contribution in [-0.2, 0) is 0 Å². The Morgan fingerprint density at radius 3 is 2.47 bits per heavy atom. The highest BCUT2D eigenvalue weighted by Gasteiger charge is 2.07. The normalized spacial score (nSPS) is 17.4. The fourth-order valence-electron chi connectivity index (χ4n) is 2.15. The molecule has 0 bridgehead atoms. The number of nitrogens with two attached hydrogens (primary N) is 1. The quantitative estimate of drug-likeness (QED) is 0.245. The summed E-state index contributed by atoms with van der Waals surface area (Å²) in [7, 11) is 0. The zero-order valence-electron chi connectivity index (χ0n) is 12.2. The first-order valence-corrected chi connectivity index (χ1v) is 7.09. The molecular weight excluding hydrogens is 351 g/mol. The van der Waals surface area contributed by atoms with Crippen molar-refractivity contribution in [1.82, 2.24) is 10.2 Å². The molecule has 1 saturated heterocycles. The number of hydrogen-bond donors (Lipinski definition) is 2. The van der Waals surface area contributed by atoms with E-state index in [4.69, 9.17) is 5.73 Å². The number of nitrogens with one attached hydrogen (secondary N) is 1. The van der Waals surface area contributed by atoms with Crippen LogP contribution >= 0.6 is 24.0 Å². The lowest BCUT2D eigenvalue weighted by atomic mass is 10.2. The SMILES string of the molecule is C=C(C)CN=C(N)NCCCN1CCCCCC1.I. The minimum absolute atomic E-state index is 0. The Morgan fingerprint density at radius 1 is 1.26 bits per heavy atom. The average molecular weight is 380 g/mol. The van der Waals surface area contributed by atoms with Gasteiger partial charge in [0.2, 0.25) is 0 Å². The van der Waals surface area contributed by atoms with Crippen molar-refractivity contribution >= 4 is 29.9 Å². The molecule has 4 nitrogen and oxygen atoms in total. The highest BCUT2D eigenvalue weighted by Crippen LogP contribution is 2.09. The van der Waals surface area contributed by atoms with Crippen LogP contribution in [0.1, 0.15) is 39.0 Å². The Hall–Kier alpha value is -0.300. The standard InChI is InChI=1S/C14H28N4.HI/c1-13(2)12-17-14(15)16-8-7-11-18-9-5-3-4-6-10-18;/h1,3-12H2,2H3,(H3,15,16,17);1H. The van der Waals surface area contributed by atoms with Gasteiger partial charge in [-0.3, -0.25) is 0 Å². The lowest BCUT2D eigenvalue weighted by Crippen LogP contribution is -2.35. The Labute approximate surface area is 134 Å². The van der Waals surface area contributed by atoms with Crippen molar-refractivity contribution in [3.8, 4) is 0 Å². The lowest BCUT2D eigenvalue weighted by molar-refractivity contribution is 0.282. The van der Waals surface area contributed by atoms with Crippen LogP contribution in [0.15, 0.2) is 17.1 Å². The summed E-state index contributed by atoms with van der Waals surface area (Å²) in [4.78, 5) is 6.76. The van der Waals surface area contributed by atoms with Gasteiger partial charge in [-0.25, -0.2) is 4.99 Å². The summed E-state index contributed by atoms with van der Waals surface area (Å²) in [6.07, 6.45) is 6.64. The van der Waals surface area contributed by atoms with E-state index in [0.717, 1.165) is 18.5 Å². The molecule has 0 aromatic rings. The van der Waals surface area contributed by atoms with E-state index in [-0.39, 0.29) is 24.0 Å². The zero-order valence-corrected chi connectivity index (χ0v) is 14.5. The minimum Gasteiger partial charge on any atom is -0.370 e. The summed E-state index contributed by atoms with van der Waals surface area (Å²) in [6, 6.07) is 0. The number of guanidine groups is 1. The van der Waals surface area contributed by atoms with Crippen molar-refractivity contribution in [3.05, 3.63) is 12.2 Å². The van der Waals surface area contributed by atoms with Crippen LogP contribution in [0, 0.1) is 0 Å². The molecule has 1 aliphatic heterocycles. The van der Waals surface area contributed by atoms with Crippen molar-refractivity contribution in [3.63, 3.8) is 0 Å². The van der Waals surface area contributed by atoms with Crippen LogP contribution in [-0.4, -0.2) is 43.6 Å². The number of likely N-dealkylation sites (tertiary alicyclic amines) is 1. The van der Waals surface area contributed by atoms with Gasteiger partial charge in [0.05, 0.1) is 6.54 Å². The Morgan fingerprint density at radius 2 is 1.89 bits per heavy atom. The summed E-state index contributed by atoms with van der Waals surface area (Å²) >= 11 is 0. The molecule has 0 aromatic heterocycles. The molecule has 0 atom stereocenters. The van der Waals surface area contributed by atoms with Gasteiger partial charge in [-0.15, -0.1) is 24.0 Å². The third-order valence-corrected chi connectivity index (χ3v) is 3.18. The number of halogens is 1. The van der Waals surface area contributed by atoms with Gasteiger partial charge in [0.25, 0.3) is 0 Å². The highest BCUT2D eigenvalue weighted by molar-refractivity contribution is 14.0. The monoisotopic (exact) mass is 380 g/mol. The smallest absolute Gasteiger partial charge is 0.188 e. The average Bonchev–Trinajstić information content (AvgIpc) is 2.60. The molecule has 0 amide bonds. The Kier molecular flexibility index (Phi) is 11.3. The predicted molar refractivity (Wildman–Crippen MR) is 94.2 cm³/mol. The van der Waals surface area contributed by atoms with E-state index in [9.17, 15) is 0 Å². The molecule has 1 fully saturated rings. The Balaban J connectivity index is 0.00000324. The maximum Gasteiger partial charge on any atom is 0.188 e.